The number of carbonyl (C=O) groups is 1. The quantitative estimate of drug-likeness (QED) is 0.834. The minimum absolute atomic E-state index is 0.134. The zero-order valence-electron chi connectivity index (χ0n) is 15.1. The predicted molar refractivity (Wildman–Crippen MR) is 97.3 cm³/mol. The third kappa shape index (κ3) is 4.30. The number of carbonyl (C=O) groups excluding carboxylic acids is 1. The fourth-order valence-corrected chi connectivity index (χ4v) is 4.05. The largest absolute Gasteiger partial charge is 0.346 e. The summed E-state index contributed by atoms with van der Waals surface area (Å²) in [6.45, 7) is 1.90. The van der Waals surface area contributed by atoms with Crippen LogP contribution in [0.15, 0.2) is 35.5 Å². The second kappa shape index (κ2) is 7.57. The van der Waals surface area contributed by atoms with Crippen molar-refractivity contribution in [3.8, 4) is 0 Å². The third-order valence-electron chi connectivity index (χ3n) is 4.80. The van der Waals surface area contributed by atoms with Gasteiger partial charge in [0.25, 0.3) is 0 Å². The molecule has 0 saturated heterocycles. The van der Waals surface area contributed by atoms with Gasteiger partial charge in [-0.2, -0.15) is 0 Å². The van der Waals surface area contributed by atoms with Gasteiger partial charge in [0.2, 0.25) is 5.91 Å². The fourth-order valence-electron chi connectivity index (χ4n) is 3.42. The van der Waals surface area contributed by atoms with E-state index >= 15 is 0 Å². The molecule has 1 aliphatic carbocycles. The average Bonchev–Trinajstić information content (AvgIpc) is 3.25. The van der Waals surface area contributed by atoms with Crippen molar-refractivity contribution in [2.24, 2.45) is 0 Å². The number of nitrogens with zero attached hydrogens (tertiary/aromatic N) is 3. The van der Waals surface area contributed by atoms with Crippen LogP contribution in [0.5, 0.6) is 0 Å². The van der Waals surface area contributed by atoms with E-state index in [1.54, 1.807) is 18.5 Å². The molecule has 0 spiro atoms. The first kappa shape index (κ1) is 18.6. The molecule has 0 radical (unpaired) electrons. The Morgan fingerprint density at radius 2 is 1.92 bits per heavy atom. The summed E-state index contributed by atoms with van der Waals surface area (Å²) in [6.07, 6.45) is 7.77. The Morgan fingerprint density at radius 1 is 1.27 bits per heavy atom. The van der Waals surface area contributed by atoms with Crippen molar-refractivity contribution in [3.05, 3.63) is 42.0 Å². The number of hydrogen-bond donors (Lipinski definition) is 1. The summed E-state index contributed by atoms with van der Waals surface area (Å²) in [5.74, 6) is 0.642. The van der Waals surface area contributed by atoms with Gasteiger partial charge in [-0.05, 0) is 37.5 Å². The predicted octanol–water partition coefficient (Wildman–Crippen LogP) is 2.22. The molecule has 1 aliphatic rings. The molecule has 0 unspecified atom stereocenters. The Morgan fingerprint density at radius 3 is 2.54 bits per heavy atom. The first-order valence-corrected chi connectivity index (χ1v) is 10.7. The van der Waals surface area contributed by atoms with Crippen LogP contribution in [-0.4, -0.2) is 35.3 Å². The minimum Gasteiger partial charge on any atom is -0.346 e. The Balaban J connectivity index is 1.62. The van der Waals surface area contributed by atoms with Crippen molar-refractivity contribution in [2.75, 3.05) is 6.26 Å². The molecule has 140 valence electrons. The average molecular weight is 376 g/mol. The van der Waals surface area contributed by atoms with Gasteiger partial charge in [0.15, 0.2) is 15.7 Å². The van der Waals surface area contributed by atoms with Crippen molar-refractivity contribution in [1.82, 2.24) is 20.1 Å². The molecule has 8 heteroatoms. The summed E-state index contributed by atoms with van der Waals surface area (Å²) in [5, 5.41) is 11.2. The van der Waals surface area contributed by atoms with E-state index < -0.39 is 9.84 Å². The van der Waals surface area contributed by atoms with E-state index in [-0.39, 0.29) is 23.3 Å². The lowest BCUT2D eigenvalue weighted by Crippen LogP contribution is -2.30. The van der Waals surface area contributed by atoms with Crippen LogP contribution in [-0.2, 0) is 21.1 Å². The van der Waals surface area contributed by atoms with Crippen molar-refractivity contribution in [3.63, 3.8) is 0 Å². The number of sulfone groups is 1. The molecule has 3 rings (SSSR count). The molecule has 1 N–H and O–H groups in total. The number of benzene rings is 1. The Bertz CT molecular complexity index is 868. The van der Waals surface area contributed by atoms with Crippen LogP contribution in [0.2, 0.25) is 0 Å². The number of hydrogen-bond acceptors (Lipinski definition) is 5. The van der Waals surface area contributed by atoms with E-state index in [1.807, 2.05) is 6.92 Å². The lowest BCUT2D eigenvalue weighted by molar-refractivity contribution is -0.121. The summed E-state index contributed by atoms with van der Waals surface area (Å²) in [6, 6.07) is 6.57. The summed E-state index contributed by atoms with van der Waals surface area (Å²) in [5.41, 5.74) is 0.763. The summed E-state index contributed by atoms with van der Waals surface area (Å²) < 4.78 is 25.1. The zero-order chi connectivity index (χ0) is 18.7. The molecule has 0 aliphatic heterocycles. The van der Waals surface area contributed by atoms with Crippen molar-refractivity contribution < 1.29 is 13.2 Å². The molecule has 26 heavy (non-hydrogen) atoms. The maximum atomic E-state index is 12.3. The first-order chi connectivity index (χ1) is 12.3. The topological polar surface area (TPSA) is 93.9 Å². The smallest absolute Gasteiger partial charge is 0.224 e. The van der Waals surface area contributed by atoms with Crippen molar-refractivity contribution in [2.45, 2.75) is 56.0 Å². The molecule has 2 aromatic rings. The standard InChI is InChI=1S/C18H24N4O3S/c1-13(18-21-19-12-22(18)15-5-3-4-6-15)20-17(23)11-14-7-9-16(10-8-14)26(2,24)25/h7-10,12-13,15H,3-6,11H2,1-2H3,(H,20,23)/t13-/m1/s1. The van der Waals surface area contributed by atoms with Crippen LogP contribution >= 0.6 is 0 Å². The van der Waals surface area contributed by atoms with Crippen LogP contribution in [0.4, 0.5) is 0 Å². The lowest BCUT2D eigenvalue weighted by Gasteiger charge is -2.18. The number of nitrogens with one attached hydrogen (secondary N) is 1. The van der Waals surface area contributed by atoms with E-state index in [1.165, 1.54) is 25.0 Å². The summed E-state index contributed by atoms with van der Waals surface area (Å²) >= 11 is 0. The van der Waals surface area contributed by atoms with Gasteiger partial charge in [0.05, 0.1) is 17.4 Å². The van der Waals surface area contributed by atoms with Gasteiger partial charge in [0, 0.05) is 12.3 Å². The van der Waals surface area contributed by atoms with Gasteiger partial charge in [-0.3, -0.25) is 4.79 Å². The molecule has 7 nitrogen and oxygen atoms in total. The highest BCUT2D eigenvalue weighted by atomic mass is 32.2. The number of amides is 1. The summed E-state index contributed by atoms with van der Waals surface area (Å²) in [4.78, 5) is 12.6. The first-order valence-electron chi connectivity index (χ1n) is 8.82. The van der Waals surface area contributed by atoms with Crippen LogP contribution in [0.25, 0.3) is 0 Å². The molecule has 1 aromatic carbocycles. The second-order valence-corrected chi connectivity index (χ2v) is 8.93. The van der Waals surface area contributed by atoms with Gasteiger partial charge in [-0.15, -0.1) is 10.2 Å². The van der Waals surface area contributed by atoms with Gasteiger partial charge < -0.3 is 9.88 Å². The second-order valence-electron chi connectivity index (χ2n) is 6.92. The molecule has 0 bridgehead atoms. The Hall–Kier alpha value is -2.22. The van der Waals surface area contributed by atoms with Crippen LogP contribution < -0.4 is 5.32 Å². The normalized spacial score (nSPS) is 16.5. The highest BCUT2D eigenvalue weighted by Crippen LogP contribution is 2.31. The molecule has 1 heterocycles. The molecular weight excluding hydrogens is 352 g/mol. The van der Waals surface area contributed by atoms with Crippen LogP contribution in [0.3, 0.4) is 0 Å². The van der Waals surface area contributed by atoms with Crippen molar-refractivity contribution in [1.29, 1.82) is 0 Å². The third-order valence-corrected chi connectivity index (χ3v) is 5.93. The maximum Gasteiger partial charge on any atom is 0.224 e. The molecule has 1 atom stereocenters. The van der Waals surface area contributed by atoms with Crippen molar-refractivity contribution >= 4 is 15.7 Å². The highest BCUT2D eigenvalue weighted by Gasteiger charge is 2.23. The van der Waals surface area contributed by atoms with Gasteiger partial charge in [0.1, 0.15) is 6.33 Å². The Labute approximate surface area is 153 Å². The number of rotatable bonds is 6. The Kier molecular flexibility index (Phi) is 5.41. The maximum absolute atomic E-state index is 12.3. The SMILES string of the molecule is C[C@@H](NC(=O)Cc1ccc(S(C)(=O)=O)cc1)c1nncn1C1CCCC1. The van der Waals surface area contributed by atoms with E-state index in [0.717, 1.165) is 30.5 Å². The molecule has 1 amide bonds. The van der Waals surface area contributed by atoms with Crippen LogP contribution in [0.1, 0.15) is 56.1 Å². The van der Waals surface area contributed by atoms with Gasteiger partial charge in [-0.25, -0.2) is 8.42 Å². The lowest BCUT2D eigenvalue weighted by atomic mass is 10.1. The molecule has 1 fully saturated rings. The molecular formula is C18H24N4O3S. The molecule has 1 aromatic heterocycles. The van der Waals surface area contributed by atoms with E-state index in [4.69, 9.17) is 0 Å². The highest BCUT2D eigenvalue weighted by molar-refractivity contribution is 7.90. The minimum atomic E-state index is -3.23. The monoisotopic (exact) mass is 376 g/mol. The zero-order valence-corrected chi connectivity index (χ0v) is 15.9. The van der Waals surface area contributed by atoms with Gasteiger partial charge in [-0.1, -0.05) is 25.0 Å². The van der Waals surface area contributed by atoms with Gasteiger partial charge >= 0.3 is 0 Å². The van der Waals surface area contributed by atoms with E-state index in [0.29, 0.717) is 6.04 Å². The fraction of sp³-hybridized carbons (Fsp3) is 0.500. The van der Waals surface area contributed by atoms with Crippen LogP contribution in [0, 0.1) is 0 Å². The number of aromatic nitrogens is 3. The van der Waals surface area contributed by atoms with E-state index in [9.17, 15) is 13.2 Å². The molecule has 1 saturated carbocycles. The van der Waals surface area contributed by atoms with E-state index in [2.05, 4.69) is 20.1 Å². The summed E-state index contributed by atoms with van der Waals surface area (Å²) in [7, 11) is -3.23.